The van der Waals surface area contributed by atoms with Crippen LogP contribution >= 0.6 is 11.6 Å². The van der Waals surface area contributed by atoms with E-state index >= 15 is 0 Å². The fourth-order valence-corrected chi connectivity index (χ4v) is 7.68. The van der Waals surface area contributed by atoms with Crippen LogP contribution in [0.5, 0.6) is 5.75 Å². The van der Waals surface area contributed by atoms with Gasteiger partial charge in [-0.3, -0.25) is 14.4 Å². The molecule has 5 rings (SSSR count). The molecule has 3 amide bonds. The van der Waals surface area contributed by atoms with Crippen LogP contribution in [0.3, 0.4) is 0 Å². The van der Waals surface area contributed by atoms with Crippen molar-refractivity contribution in [1.82, 2.24) is 4.90 Å². The molecule has 3 fully saturated rings. The van der Waals surface area contributed by atoms with Gasteiger partial charge in [0.1, 0.15) is 17.4 Å². The Labute approximate surface area is 258 Å². The standard InChI is InChI=1S/C33H42ClN3O6/c1-4-32-17-18-33(43-32)26(25(32)29(39)35-22-13-15-23(16-14-22)42-5-2)31(41)37(19-8-6-7-9-20-38)28(33)30(40)36-27-21(3)11-10-12-24(27)34/h10-16,25-26,28,38H,4-9,17-20H2,1-3H3,(H,35,39)(H,36,40)/t25-,26+,28?,32+,33?/m1/s1. The smallest absolute Gasteiger partial charge is 0.250 e. The molecule has 2 unspecified atom stereocenters. The summed E-state index contributed by atoms with van der Waals surface area (Å²) >= 11 is 6.47. The van der Waals surface area contributed by atoms with Gasteiger partial charge < -0.3 is 30.1 Å². The summed E-state index contributed by atoms with van der Waals surface area (Å²) in [6.07, 6.45) is 4.61. The van der Waals surface area contributed by atoms with Crippen LogP contribution in [0, 0.1) is 18.8 Å². The summed E-state index contributed by atoms with van der Waals surface area (Å²) in [5, 5.41) is 15.6. The molecule has 3 aliphatic heterocycles. The number of rotatable bonds is 13. The molecule has 43 heavy (non-hydrogen) atoms. The zero-order chi connectivity index (χ0) is 30.8. The minimum absolute atomic E-state index is 0.119. The highest BCUT2D eigenvalue weighted by molar-refractivity contribution is 6.34. The van der Waals surface area contributed by atoms with Gasteiger partial charge in [0.2, 0.25) is 17.7 Å². The number of nitrogens with one attached hydrogen (secondary N) is 2. The van der Waals surface area contributed by atoms with Crippen molar-refractivity contribution in [2.45, 2.75) is 83.0 Å². The first-order valence-corrected chi connectivity index (χ1v) is 15.8. The molecule has 2 bridgehead atoms. The molecule has 2 aromatic rings. The number of fused-ring (bicyclic) bond motifs is 1. The van der Waals surface area contributed by atoms with Crippen molar-refractivity contribution in [3.63, 3.8) is 0 Å². The first-order valence-electron chi connectivity index (χ1n) is 15.4. The summed E-state index contributed by atoms with van der Waals surface area (Å²) in [6.45, 7) is 6.77. The van der Waals surface area contributed by atoms with Crippen LogP contribution < -0.4 is 15.4 Å². The SMILES string of the molecule is CCOc1ccc(NC(=O)[C@H]2[C@H]3C(=O)N(CCCCCCO)C(C(=O)Nc4c(C)cccc4Cl)C34CC[C@]2(CC)O4)cc1. The minimum atomic E-state index is -1.13. The van der Waals surface area contributed by atoms with E-state index in [0.717, 1.165) is 18.4 Å². The van der Waals surface area contributed by atoms with Crippen molar-refractivity contribution in [3.05, 3.63) is 53.1 Å². The molecule has 10 heteroatoms. The zero-order valence-corrected chi connectivity index (χ0v) is 25.9. The lowest BCUT2D eigenvalue weighted by Gasteiger charge is -2.34. The van der Waals surface area contributed by atoms with Crippen LogP contribution in [0.15, 0.2) is 42.5 Å². The number of carbonyl (C=O) groups excluding carboxylic acids is 3. The van der Waals surface area contributed by atoms with Crippen molar-refractivity contribution in [1.29, 1.82) is 0 Å². The van der Waals surface area contributed by atoms with Gasteiger partial charge in [-0.15, -0.1) is 0 Å². The Bertz CT molecular complexity index is 1330. The van der Waals surface area contributed by atoms with Crippen molar-refractivity contribution in [2.24, 2.45) is 11.8 Å². The average molecular weight is 612 g/mol. The van der Waals surface area contributed by atoms with E-state index in [-0.39, 0.29) is 24.3 Å². The predicted octanol–water partition coefficient (Wildman–Crippen LogP) is 5.33. The maximum absolute atomic E-state index is 14.3. The van der Waals surface area contributed by atoms with E-state index in [1.165, 1.54) is 0 Å². The number of para-hydroxylation sites is 1. The van der Waals surface area contributed by atoms with E-state index in [2.05, 4.69) is 10.6 Å². The number of likely N-dealkylation sites (tertiary alicyclic amines) is 1. The number of aliphatic hydroxyl groups excluding tert-OH is 1. The Balaban J connectivity index is 1.47. The lowest BCUT2D eigenvalue weighted by Crippen LogP contribution is -2.53. The quantitative estimate of drug-likeness (QED) is 0.264. The monoisotopic (exact) mass is 611 g/mol. The van der Waals surface area contributed by atoms with Gasteiger partial charge in [-0.25, -0.2) is 0 Å². The molecule has 0 saturated carbocycles. The third kappa shape index (κ3) is 5.63. The minimum Gasteiger partial charge on any atom is -0.494 e. The van der Waals surface area contributed by atoms with Crippen molar-refractivity contribution in [3.8, 4) is 5.75 Å². The summed E-state index contributed by atoms with van der Waals surface area (Å²) < 4.78 is 12.4. The van der Waals surface area contributed by atoms with E-state index in [4.69, 9.17) is 21.1 Å². The first-order chi connectivity index (χ1) is 20.7. The summed E-state index contributed by atoms with van der Waals surface area (Å²) in [6, 6.07) is 11.6. The number of anilines is 2. The molecule has 0 aromatic heterocycles. The first kappa shape index (κ1) is 31.3. The molecule has 3 aliphatic rings. The molecule has 3 heterocycles. The highest BCUT2D eigenvalue weighted by Crippen LogP contribution is 2.64. The van der Waals surface area contributed by atoms with Crippen molar-refractivity contribution >= 4 is 40.7 Å². The van der Waals surface area contributed by atoms with Crippen LogP contribution in [-0.2, 0) is 19.1 Å². The third-order valence-corrected chi connectivity index (χ3v) is 9.74. The number of hydrogen-bond acceptors (Lipinski definition) is 6. The highest BCUT2D eigenvalue weighted by Gasteiger charge is 2.78. The van der Waals surface area contributed by atoms with Crippen LogP contribution in [0.25, 0.3) is 0 Å². The number of aryl methyl sites for hydroxylation is 1. The average Bonchev–Trinajstić information content (AvgIpc) is 3.59. The molecule has 3 saturated heterocycles. The van der Waals surface area contributed by atoms with Gasteiger partial charge in [-0.2, -0.15) is 0 Å². The van der Waals surface area contributed by atoms with Crippen LogP contribution in [0.4, 0.5) is 11.4 Å². The van der Waals surface area contributed by atoms with Gasteiger partial charge in [-0.05, 0) is 81.8 Å². The molecule has 3 N–H and O–H groups in total. The fraction of sp³-hybridized carbons (Fsp3) is 0.545. The zero-order valence-electron chi connectivity index (χ0n) is 25.2. The summed E-state index contributed by atoms with van der Waals surface area (Å²) in [5.74, 6) is -1.69. The highest BCUT2D eigenvalue weighted by atomic mass is 35.5. The number of unbranched alkanes of at least 4 members (excludes halogenated alkanes) is 3. The second-order valence-corrected chi connectivity index (χ2v) is 12.3. The van der Waals surface area contributed by atoms with Gasteiger partial charge in [0, 0.05) is 18.8 Å². The number of hydrogen-bond donors (Lipinski definition) is 3. The number of carbonyl (C=O) groups is 3. The fourth-order valence-electron chi connectivity index (χ4n) is 7.41. The molecule has 2 aromatic carbocycles. The Hall–Kier alpha value is -3.14. The summed E-state index contributed by atoms with van der Waals surface area (Å²) in [5.41, 5.74) is -0.0536. The normalized spacial score (nSPS) is 27.3. The molecule has 5 atom stereocenters. The van der Waals surface area contributed by atoms with Gasteiger partial charge in [0.15, 0.2) is 0 Å². The molecule has 232 valence electrons. The van der Waals surface area contributed by atoms with Crippen LogP contribution in [0.1, 0.15) is 64.4 Å². The molecule has 0 radical (unpaired) electrons. The Morgan fingerprint density at radius 1 is 1.05 bits per heavy atom. The van der Waals surface area contributed by atoms with E-state index in [1.807, 2.05) is 32.9 Å². The Morgan fingerprint density at radius 2 is 1.79 bits per heavy atom. The lowest BCUT2D eigenvalue weighted by atomic mass is 9.65. The van der Waals surface area contributed by atoms with E-state index < -0.39 is 29.1 Å². The van der Waals surface area contributed by atoms with Gasteiger partial charge in [0.05, 0.1) is 34.8 Å². The second-order valence-electron chi connectivity index (χ2n) is 11.9. The van der Waals surface area contributed by atoms with E-state index in [1.54, 1.807) is 35.2 Å². The Morgan fingerprint density at radius 3 is 2.47 bits per heavy atom. The Kier molecular flexibility index (Phi) is 9.34. The number of ether oxygens (including phenoxy) is 2. The molecular weight excluding hydrogens is 570 g/mol. The van der Waals surface area contributed by atoms with Crippen molar-refractivity contribution < 1.29 is 29.0 Å². The number of benzene rings is 2. The largest absolute Gasteiger partial charge is 0.494 e. The van der Waals surface area contributed by atoms with Crippen molar-refractivity contribution in [2.75, 3.05) is 30.4 Å². The van der Waals surface area contributed by atoms with Crippen LogP contribution in [-0.4, -0.2) is 64.7 Å². The molecule has 1 spiro atoms. The predicted molar refractivity (Wildman–Crippen MR) is 165 cm³/mol. The van der Waals surface area contributed by atoms with E-state index in [9.17, 15) is 19.5 Å². The molecule has 0 aliphatic carbocycles. The number of aliphatic hydroxyl groups is 1. The lowest BCUT2D eigenvalue weighted by molar-refractivity contribution is -0.144. The van der Waals surface area contributed by atoms with Gasteiger partial charge in [0.25, 0.3) is 0 Å². The summed E-state index contributed by atoms with van der Waals surface area (Å²) in [7, 11) is 0. The molecule has 9 nitrogen and oxygen atoms in total. The van der Waals surface area contributed by atoms with Crippen LogP contribution in [0.2, 0.25) is 5.02 Å². The maximum atomic E-state index is 14.3. The van der Waals surface area contributed by atoms with Gasteiger partial charge >= 0.3 is 0 Å². The van der Waals surface area contributed by atoms with E-state index in [0.29, 0.717) is 67.4 Å². The molecular formula is C33H42ClN3O6. The summed E-state index contributed by atoms with van der Waals surface area (Å²) in [4.78, 5) is 44.2. The number of nitrogens with zero attached hydrogens (tertiary/aromatic N) is 1. The third-order valence-electron chi connectivity index (χ3n) is 9.42. The topological polar surface area (TPSA) is 117 Å². The maximum Gasteiger partial charge on any atom is 0.250 e. The number of amides is 3. The van der Waals surface area contributed by atoms with Gasteiger partial charge in [-0.1, -0.05) is 43.5 Å². The number of halogens is 1. The second kappa shape index (κ2) is 12.8.